The Labute approximate surface area is 111 Å². The number of hydrogen-bond acceptors (Lipinski definition) is 2. The average molecular weight is 311 g/mol. The van der Waals surface area contributed by atoms with Crippen LogP contribution in [0.2, 0.25) is 0 Å². The van der Waals surface area contributed by atoms with Gasteiger partial charge in [0, 0.05) is 0 Å². The van der Waals surface area contributed by atoms with Crippen LogP contribution in [0.15, 0.2) is 0 Å². The second-order valence-electron chi connectivity index (χ2n) is 4.20. The fourth-order valence-corrected chi connectivity index (χ4v) is 1.41. The van der Waals surface area contributed by atoms with E-state index >= 15 is 0 Å². The molecule has 10 heteroatoms. The third kappa shape index (κ3) is 4.15. The van der Waals surface area contributed by atoms with E-state index in [1.54, 1.807) is 0 Å². The molecular formula is C10H17F6N2O2+. The van der Waals surface area contributed by atoms with Crippen molar-refractivity contribution in [3.05, 3.63) is 0 Å². The van der Waals surface area contributed by atoms with Gasteiger partial charge in [-0.3, -0.25) is 5.32 Å². The standard InChI is InChI=1S/C10H16F6N2O2/c1-4-6(3)17-8(9(11,12)13,10(14,15)16)18-7(19)20-5-2/h6,17H,4-5H2,1-3H3,(H,18,19)/p+1/t6-/m0/s1. The first-order valence-electron chi connectivity index (χ1n) is 5.85. The van der Waals surface area contributed by atoms with Gasteiger partial charge in [-0.15, -0.1) is 0 Å². The number of hydrogen-bond donors (Lipinski definition) is 2. The molecule has 0 saturated heterocycles. The Kier molecular flexibility index (Phi) is 6.12. The Balaban J connectivity index is 5.63. The number of carbonyl (C=O) groups is 1. The zero-order valence-electron chi connectivity index (χ0n) is 11.2. The number of rotatable bonds is 5. The highest BCUT2D eigenvalue weighted by Gasteiger charge is 2.77. The molecule has 0 unspecified atom stereocenters. The summed E-state index contributed by atoms with van der Waals surface area (Å²) in [6.07, 6.45) is -13.2. The second kappa shape index (κ2) is 6.51. The summed E-state index contributed by atoms with van der Waals surface area (Å²) in [6, 6.07) is -1.01. The topological polar surface area (TPSA) is 54.9 Å². The average Bonchev–Trinajstić information content (AvgIpc) is 2.25. The van der Waals surface area contributed by atoms with E-state index in [2.05, 4.69) is 4.74 Å². The zero-order chi connectivity index (χ0) is 16.2. The maximum absolute atomic E-state index is 12.9. The van der Waals surface area contributed by atoms with Crippen LogP contribution in [-0.4, -0.2) is 36.8 Å². The minimum absolute atomic E-state index is 0.0456. The molecule has 3 N–H and O–H groups in total. The van der Waals surface area contributed by atoms with E-state index in [1.807, 2.05) is 0 Å². The molecule has 1 amide bonds. The first-order chi connectivity index (χ1) is 8.91. The van der Waals surface area contributed by atoms with Gasteiger partial charge in [0.2, 0.25) is 0 Å². The molecule has 20 heavy (non-hydrogen) atoms. The maximum atomic E-state index is 12.9. The van der Waals surface area contributed by atoms with Crippen molar-refractivity contribution in [1.29, 1.82) is 0 Å². The molecule has 120 valence electrons. The molecule has 0 fully saturated rings. The van der Waals surface area contributed by atoms with Crippen LogP contribution in [0.3, 0.4) is 0 Å². The summed E-state index contributed by atoms with van der Waals surface area (Å²) in [6.45, 7) is 3.55. The summed E-state index contributed by atoms with van der Waals surface area (Å²) in [7, 11) is 0. The van der Waals surface area contributed by atoms with Gasteiger partial charge >= 0.3 is 24.1 Å². The van der Waals surface area contributed by atoms with Crippen LogP contribution in [-0.2, 0) is 4.74 Å². The molecule has 0 aromatic rings. The SMILES string of the molecule is CCOC(=O)NC([NH2+][C@@H](C)CC)(C(F)(F)F)C(F)(F)F. The lowest BCUT2D eigenvalue weighted by Crippen LogP contribution is -3.10. The summed E-state index contributed by atoms with van der Waals surface area (Å²) < 4.78 is 81.8. The molecular weight excluding hydrogens is 294 g/mol. The molecule has 0 saturated carbocycles. The van der Waals surface area contributed by atoms with Crippen molar-refractivity contribution in [1.82, 2.24) is 5.32 Å². The minimum atomic E-state index is -5.73. The van der Waals surface area contributed by atoms with E-state index in [1.165, 1.54) is 20.8 Å². The summed E-state index contributed by atoms with van der Waals surface area (Å²) in [5, 5.41) is 0.955. The number of quaternary nitrogens is 1. The van der Waals surface area contributed by atoms with E-state index in [0.717, 1.165) is 5.32 Å². The summed E-state index contributed by atoms with van der Waals surface area (Å²) in [5.74, 6) is 0. The van der Waals surface area contributed by atoms with Crippen molar-refractivity contribution in [2.45, 2.75) is 51.2 Å². The van der Waals surface area contributed by atoms with Crippen LogP contribution in [0.1, 0.15) is 27.2 Å². The summed E-state index contributed by atoms with van der Waals surface area (Å²) in [5.41, 5.74) is -4.43. The number of carbonyl (C=O) groups excluding carboxylic acids is 1. The lowest BCUT2D eigenvalue weighted by Gasteiger charge is -2.36. The first kappa shape index (κ1) is 18.8. The number of amides is 1. The van der Waals surface area contributed by atoms with Crippen LogP contribution in [0.25, 0.3) is 0 Å². The Bertz CT molecular complexity index is 315. The van der Waals surface area contributed by atoms with Crippen LogP contribution < -0.4 is 10.6 Å². The molecule has 4 nitrogen and oxygen atoms in total. The predicted octanol–water partition coefficient (Wildman–Crippen LogP) is 1.92. The third-order valence-electron chi connectivity index (χ3n) is 2.65. The van der Waals surface area contributed by atoms with E-state index in [-0.39, 0.29) is 18.3 Å². The number of ether oxygens (including phenoxy) is 1. The van der Waals surface area contributed by atoms with Gasteiger partial charge in [0.15, 0.2) is 0 Å². The van der Waals surface area contributed by atoms with E-state index < -0.39 is 30.2 Å². The molecule has 0 spiro atoms. The van der Waals surface area contributed by atoms with Crippen LogP contribution in [0.5, 0.6) is 0 Å². The lowest BCUT2D eigenvalue weighted by molar-refractivity contribution is -0.806. The molecule has 0 rings (SSSR count). The zero-order valence-corrected chi connectivity index (χ0v) is 11.2. The molecule has 0 aliphatic heterocycles. The van der Waals surface area contributed by atoms with Crippen molar-refractivity contribution in [2.24, 2.45) is 0 Å². The number of nitrogens with one attached hydrogen (secondary N) is 1. The number of alkyl halides is 6. The minimum Gasteiger partial charge on any atom is -0.450 e. The normalized spacial score (nSPS) is 14.8. The Morgan fingerprint density at radius 2 is 1.60 bits per heavy atom. The van der Waals surface area contributed by atoms with Gasteiger partial charge in [-0.05, 0) is 20.3 Å². The molecule has 0 radical (unpaired) electrons. The van der Waals surface area contributed by atoms with E-state index in [0.29, 0.717) is 0 Å². The first-order valence-corrected chi connectivity index (χ1v) is 5.85. The Hall–Kier alpha value is -1.19. The third-order valence-corrected chi connectivity index (χ3v) is 2.65. The van der Waals surface area contributed by atoms with E-state index in [4.69, 9.17) is 0 Å². The Morgan fingerprint density at radius 3 is 1.90 bits per heavy atom. The number of halogens is 6. The van der Waals surface area contributed by atoms with Crippen molar-refractivity contribution >= 4 is 6.09 Å². The summed E-state index contributed by atoms with van der Waals surface area (Å²) >= 11 is 0. The maximum Gasteiger partial charge on any atom is 0.476 e. The summed E-state index contributed by atoms with van der Waals surface area (Å²) in [4.78, 5) is 11.1. The van der Waals surface area contributed by atoms with Crippen molar-refractivity contribution in [3.63, 3.8) is 0 Å². The largest absolute Gasteiger partial charge is 0.476 e. The molecule has 0 aliphatic rings. The van der Waals surface area contributed by atoms with Crippen LogP contribution >= 0.6 is 0 Å². The molecule has 0 aromatic heterocycles. The van der Waals surface area contributed by atoms with Crippen molar-refractivity contribution in [2.75, 3.05) is 6.61 Å². The number of nitrogens with two attached hydrogens (primary N) is 1. The van der Waals surface area contributed by atoms with Gasteiger partial charge in [0.1, 0.15) is 0 Å². The molecule has 0 heterocycles. The van der Waals surface area contributed by atoms with Gasteiger partial charge < -0.3 is 10.1 Å². The van der Waals surface area contributed by atoms with Gasteiger partial charge in [0.05, 0.1) is 12.6 Å². The predicted molar refractivity (Wildman–Crippen MR) is 56.7 cm³/mol. The monoisotopic (exact) mass is 311 g/mol. The fourth-order valence-electron chi connectivity index (χ4n) is 1.41. The molecule has 0 bridgehead atoms. The molecule has 0 aliphatic carbocycles. The lowest BCUT2D eigenvalue weighted by atomic mass is 10.1. The molecule has 0 aromatic carbocycles. The van der Waals surface area contributed by atoms with Gasteiger partial charge in [-0.1, -0.05) is 6.92 Å². The van der Waals surface area contributed by atoms with Gasteiger partial charge in [0.25, 0.3) is 0 Å². The Morgan fingerprint density at radius 1 is 1.15 bits per heavy atom. The van der Waals surface area contributed by atoms with Gasteiger partial charge in [-0.2, -0.15) is 26.3 Å². The van der Waals surface area contributed by atoms with Crippen molar-refractivity contribution < 1.29 is 41.2 Å². The van der Waals surface area contributed by atoms with Gasteiger partial charge in [-0.25, -0.2) is 4.79 Å². The smallest absolute Gasteiger partial charge is 0.450 e. The highest BCUT2D eigenvalue weighted by molar-refractivity contribution is 5.68. The number of alkyl carbamates (subject to hydrolysis) is 1. The highest BCUT2D eigenvalue weighted by Crippen LogP contribution is 2.38. The molecule has 1 atom stereocenters. The van der Waals surface area contributed by atoms with Crippen molar-refractivity contribution in [3.8, 4) is 0 Å². The van der Waals surface area contributed by atoms with Crippen LogP contribution in [0.4, 0.5) is 31.1 Å². The highest BCUT2D eigenvalue weighted by atomic mass is 19.4. The van der Waals surface area contributed by atoms with E-state index in [9.17, 15) is 31.1 Å². The quantitative estimate of drug-likeness (QED) is 0.602. The second-order valence-corrected chi connectivity index (χ2v) is 4.20. The fraction of sp³-hybridized carbons (Fsp3) is 0.900. The van der Waals surface area contributed by atoms with Crippen LogP contribution in [0, 0.1) is 0 Å².